The van der Waals surface area contributed by atoms with Crippen molar-refractivity contribution in [1.29, 1.82) is 0 Å². The van der Waals surface area contributed by atoms with E-state index in [0.29, 0.717) is 0 Å². The molecule has 0 bridgehead atoms. The molecular formula is C2H5AsO2. The van der Waals surface area contributed by atoms with Crippen molar-refractivity contribution >= 4 is 15.7 Å². The molecule has 0 fully saturated rings. The van der Waals surface area contributed by atoms with E-state index in [1.165, 1.54) is 6.92 Å². The standard InChI is InChI=1S/C2H5AsO2/c1-2(4)3-5/h2,4H,1H3. The van der Waals surface area contributed by atoms with Gasteiger partial charge in [0.2, 0.25) is 0 Å². The average molecular weight is 136 g/mol. The van der Waals surface area contributed by atoms with Crippen LogP contribution >= 0.6 is 0 Å². The minimum atomic E-state index is -1.03. The third kappa shape index (κ3) is 4.32. The van der Waals surface area contributed by atoms with Crippen molar-refractivity contribution in [1.82, 2.24) is 0 Å². The van der Waals surface area contributed by atoms with Crippen LogP contribution in [0, 0.1) is 0 Å². The zero-order chi connectivity index (χ0) is 4.28. The van der Waals surface area contributed by atoms with Gasteiger partial charge in [0.1, 0.15) is 0 Å². The van der Waals surface area contributed by atoms with Crippen LogP contribution in [0.3, 0.4) is 0 Å². The van der Waals surface area contributed by atoms with E-state index in [4.69, 9.17) is 5.11 Å². The Morgan fingerprint density at radius 3 is 2.20 bits per heavy atom. The summed E-state index contributed by atoms with van der Waals surface area (Å²) in [4.78, 5) is -0.578. The van der Waals surface area contributed by atoms with Gasteiger partial charge in [0.05, 0.1) is 0 Å². The molecule has 0 spiro atoms. The first-order chi connectivity index (χ1) is 2.27. The summed E-state index contributed by atoms with van der Waals surface area (Å²) in [5.41, 5.74) is 0. The molecule has 0 rings (SSSR count). The first-order valence-corrected chi connectivity index (χ1v) is 3.13. The van der Waals surface area contributed by atoms with Crippen LogP contribution in [0.2, 0.25) is 0 Å². The summed E-state index contributed by atoms with van der Waals surface area (Å²) < 4.78 is 9.47. The molecule has 0 aromatic carbocycles. The van der Waals surface area contributed by atoms with Crippen molar-refractivity contribution < 1.29 is 8.85 Å². The van der Waals surface area contributed by atoms with Crippen LogP contribution in [0.15, 0.2) is 0 Å². The van der Waals surface area contributed by atoms with E-state index in [9.17, 15) is 3.74 Å². The van der Waals surface area contributed by atoms with E-state index >= 15 is 0 Å². The van der Waals surface area contributed by atoms with E-state index < -0.39 is 20.6 Å². The Morgan fingerprint density at radius 2 is 2.20 bits per heavy atom. The van der Waals surface area contributed by atoms with Gasteiger partial charge in [-0.1, -0.05) is 0 Å². The molecule has 1 N–H and O–H groups in total. The van der Waals surface area contributed by atoms with Gasteiger partial charge in [-0.3, -0.25) is 0 Å². The second-order valence-corrected chi connectivity index (χ2v) is 2.75. The van der Waals surface area contributed by atoms with Crippen LogP contribution in [0.1, 0.15) is 6.92 Å². The Kier molecular flexibility index (Phi) is 2.71. The van der Waals surface area contributed by atoms with Crippen LogP contribution in [-0.4, -0.2) is 25.7 Å². The molecule has 0 aromatic heterocycles. The van der Waals surface area contributed by atoms with Gasteiger partial charge >= 0.3 is 36.4 Å². The summed E-state index contributed by atoms with van der Waals surface area (Å²) in [6.07, 6.45) is 0. The summed E-state index contributed by atoms with van der Waals surface area (Å²) in [5.74, 6) is 0. The van der Waals surface area contributed by atoms with E-state index in [1.807, 2.05) is 0 Å². The van der Waals surface area contributed by atoms with Crippen LogP contribution in [0.4, 0.5) is 0 Å². The first kappa shape index (κ1) is 5.32. The predicted molar refractivity (Wildman–Crippen MR) is 18.1 cm³/mol. The van der Waals surface area contributed by atoms with Gasteiger partial charge in [0, 0.05) is 0 Å². The van der Waals surface area contributed by atoms with Crippen LogP contribution < -0.4 is 0 Å². The number of hydrogen-bond acceptors (Lipinski definition) is 2. The Labute approximate surface area is 37.1 Å². The Bertz CT molecular complexity index is 34.6. The van der Waals surface area contributed by atoms with Crippen molar-refractivity contribution in [3.8, 4) is 0 Å². The van der Waals surface area contributed by atoms with Crippen molar-refractivity contribution in [2.45, 2.75) is 11.8 Å². The van der Waals surface area contributed by atoms with E-state index in [1.54, 1.807) is 0 Å². The van der Waals surface area contributed by atoms with Gasteiger partial charge in [0.15, 0.2) is 0 Å². The van der Waals surface area contributed by atoms with E-state index in [-0.39, 0.29) is 0 Å². The quantitative estimate of drug-likeness (QED) is 0.487. The maximum absolute atomic E-state index is 9.47. The number of rotatable bonds is 1. The molecule has 0 aliphatic carbocycles. The van der Waals surface area contributed by atoms with Crippen molar-refractivity contribution in [2.75, 3.05) is 0 Å². The topological polar surface area (TPSA) is 37.3 Å². The molecule has 30 valence electrons. The van der Waals surface area contributed by atoms with Gasteiger partial charge in [0.25, 0.3) is 0 Å². The van der Waals surface area contributed by atoms with Gasteiger partial charge < -0.3 is 0 Å². The average Bonchev–Trinajstić information content (AvgIpc) is 1.38. The van der Waals surface area contributed by atoms with Crippen LogP contribution in [0.5, 0.6) is 0 Å². The van der Waals surface area contributed by atoms with Gasteiger partial charge in [-0.25, -0.2) is 0 Å². The predicted octanol–water partition coefficient (Wildman–Crippen LogP) is -0.626. The fraction of sp³-hybridized carbons (Fsp3) is 1.00. The first-order valence-electron chi connectivity index (χ1n) is 1.28. The number of aliphatic hydroxyl groups is 1. The normalized spacial score (nSPS) is 15.6. The molecule has 1 unspecified atom stereocenters. The van der Waals surface area contributed by atoms with Crippen molar-refractivity contribution in [3.05, 3.63) is 0 Å². The zero-order valence-electron chi connectivity index (χ0n) is 2.88. The molecule has 0 radical (unpaired) electrons. The second kappa shape index (κ2) is 2.55. The molecule has 0 saturated heterocycles. The summed E-state index contributed by atoms with van der Waals surface area (Å²) in [6.45, 7) is 1.51. The molecule has 0 aliphatic heterocycles. The summed E-state index contributed by atoms with van der Waals surface area (Å²) in [7, 11) is 0. The Hall–Kier alpha value is 0.318. The molecule has 1 atom stereocenters. The van der Waals surface area contributed by atoms with Crippen molar-refractivity contribution in [2.24, 2.45) is 0 Å². The monoisotopic (exact) mass is 136 g/mol. The molecule has 0 heterocycles. The van der Waals surface area contributed by atoms with E-state index in [2.05, 4.69) is 0 Å². The van der Waals surface area contributed by atoms with Crippen LogP contribution in [0.25, 0.3) is 0 Å². The molecule has 0 saturated carbocycles. The number of hydrogen-bond donors (Lipinski definition) is 1. The number of aliphatic hydroxyl groups excluding tert-OH is 1. The Balaban J connectivity index is 2.83. The van der Waals surface area contributed by atoms with Gasteiger partial charge in [-0.05, 0) is 0 Å². The molecule has 2 nitrogen and oxygen atoms in total. The Morgan fingerprint density at radius 1 is 2.00 bits per heavy atom. The molecule has 3 heteroatoms. The molecule has 0 aromatic rings. The van der Waals surface area contributed by atoms with E-state index in [0.717, 1.165) is 0 Å². The second-order valence-electron chi connectivity index (χ2n) is 0.737. The third-order valence-electron chi connectivity index (χ3n) is 0.153. The minimum absolute atomic E-state index is 0.578. The summed E-state index contributed by atoms with van der Waals surface area (Å²) >= 11 is -1.03. The SMILES string of the molecule is CC(O)[As]=O. The maximum atomic E-state index is 9.47. The van der Waals surface area contributed by atoms with Crippen molar-refractivity contribution in [3.63, 3.8) is 0 Å². The summed E-state index contributed by atoms with van der Waals surface area (Å²) in [5, 5.41) is 8.09. The van der Waals surface area contributed by atoms with Crippen LogP contribution in [-0.2, 0) is 3.74 Å². The molecule has 0 aliphatic rings. The van der Waals surface area contributed by atoms with Gasteiger partial charge in [-0.15, -0.1) is 0 Å². The molecular weight excluding hydrogens is 131 g/mol. The third-order valence-corrected chi connectivity index (χ3v) is 0.793. The molecule has 0 amide bonds. The fourth-order valence-electron chi connectivity index (χ4n) is 0. The molecule has 5 heavy (non-hydrogen) atoms. The fourth-order valence-corrected chi connectivity index (χ4v) is 0. The zero-order valence-corrected chi connectivity index (χ0v) is 4.76. The van der Waals surface area contributed by atoms with Gasteiger partial charge in [-0.2, -0.15) is 0 Å². The summed E-state index contributed by atoms with van der Waals surface area (Å²) in [6, 6.07) is 0.